The summed E-state index contributed by atoms with van der Waals surface area (Å²) in [7, 11) is -1.37. The third kappa shape index (κ3) is 2.67. The van der Waals surface area contributed by atoms with E-state index in [2.05, 4.69) is 4.40 Å². The van der Waals surface area contributed by atoms with Crippen molar-refractivity contribution in [2.75, 3.05) is 0 Å². The van der Waals surface area contributed by atoms with Crippen molar-refractivity contribution in [3.05, 3.63) is 54.0 Å². The van der Waals surface area contributed by atoms with Crippen molar-refractivity contribution in [1.82, 2.24) is 0 Å². The lowest BCUT2D eigenvalue weighted by Gasteiger charge is -1.96. The maximum Gasteiger partial charge on any atom is 0.172 e. The Morgan fingerprint density at radius 3 is 2.62 bits per heavy atom. The Labute approximate surface area is 96.4 Å². The second kappa shape index (κ2) is 4.90. The molecule has 0 amide bonds. The lowest BCUT2D eigenvalue weighted by molar-refractivity contribution is 0.560. The normalized spacial score (nSPS) is 13.1. The number of hydrogen-bond acceptors (Lipinski definition) is 2. The lowest BCUT2D eigenvalue weighted by Crippen LogP contribution is -1.88. The fourth-order valence-electron chi connectivity index (χ4n) is 1.18. The smallest absolute Gasteiger partial charge is 0.172 e. The fraction of sp³-hybridized carbons (Fsp3) is 0.0833. The molecule has 1 heterocycles. The monoisotopic (exact) mass is 233 g/mol. The van der Waals surface area contributed by atoms with E-state index in [0.29, 0.717) is 10.7 Å². The van der Waals surface area contributed by atoms with Crippen LogP contribution in [-0.2, 0) is 11.0 Å². The molecule has 0 aliphatic heterocycles. The van der Waals surface area contributed by atoms with E-state index < -0.39 is 11.0 Å². The van der Waals surface area contributed by atoms with E-state index in [4.69, 9.17) is 4.42 Å². The molecule has 1 unspecified atom stereocenters. The molecular formula is C12H11NO2S. The molecule has 0 spiro atoms. The highest BCUT2D eigenvalue weighted by molar-refractivity contribution is 7.83. The van der Waals surface area contributed by atoms with E-state index in [1.54, 1.807) is 18.4 Å². The second-order valence-electron chi connectivity index (χ2n) is 3.31. The van der Waals surface area contributed by atoms with E-state index in [1.807, 2.05) is 31.2 Å². The first kappa shape index (κ1) is 10.8. The van der Waals surface area contributed by atoms with Gasteiger partial charge in [0.25, 0.3) is 0 Å². The summed E-state index contributed by atoms with van der Waals surface area (Å²) in [5.74, 6) is 0.598. The van der Waals surface area contributed by atoms with Crippen molar-refractivity contribution < 1.29 is 8.63 Å². The predicted octanol–water partition coefficient (Wildman–Crippen LogP) is 2.73. The number of furan rings is 1. The van der Waals surface area contributed by atoms with Crippen LogP contribution in [0.2, 0.25) is 0 Å². The van der Waals surface area contributed by atoms with Crippen molar-refractivity contribution in [2.45, 2.75) is 11.8 Å². The van der Waals surface area contributed by atoms with Crippen LogP contribution in [0.4, 0.5) is 0 Å². The molecule has 2 aromatic rings. The standard InChI is InChI=1S/C12H11NO2S/c1-10-4-6-12(7-5-10)16(14)13-9-11-3-2-8-15-11/h2-9H,1H3/b13-9+. The molecule has 0 aliphatic carbocycles. The van der Waals surface area contributed by atoms with E-state index in [0.717, 1.165) is 5.56 Å². The van der Waals surface area contributed by atoms with Crippen LogP contribution in [0, 0.1) is 6.92 Å². The third-order valence-electron chi connectivity index (χ3n) is 2.04. The van der Waals surface area contributed by atoms with Gasteiger partial charge in [0.15, 0.2) is 11.0 Å². The Bertz CT molecular complexity index is 500. The molecule has 0 N–H and O–H groups in total. The SMILES string of the molecule is Cc1ccc(S(=O)/N=C/c2ccco2)cc1. The van der Waals surface area contributed by atoms with Gasteiger partial charge in [-0.3, -0.25) is 0 Å². The molecule has 2 rings (SSSR count). The van der Waals surface area contributed by atoms with Gasteiger partial charge in [-0.15, -0.1) is 0 Å². The van der Waals surface area contributed by atoms with E-state index in [-0.39, 0.29) is 0 Å². The summed E-state index contributed by atoms with van der Waals surface area (Å²) in [5.41, 5.74) is 1.13. The van der Waals surface area contributed by atoms with Gasteiger partial charge >= 0.3 is 0 Å². The minimum Gasteiger partial charge on any atom is -0.463 e. The van der Waals surface area contributed by atoms with Crippen molar-refractivity contribution in [1.29, 1.82) is 0 Å². The highest BCUT2D eigenvalue weighted by Crippen LogP contribution is 2.09. The van der Waals surface area contributed by atoms with Crippen LogP contribution >= 0.6 is 0 Å². The van der Waals surface area contributed by atoms with Gasteiger partial charge < -0.3 is 4.42 Å². The molecule has 0 radical (unpaired) electrons. The van der Waals surface area contributed by atoms with E-state index in [1.165, 1.54) is 6.21 Å². The van der Waals surface area contributed by atoms with Gasteiger partial charge in [-0.05, 0) is 31.2 Å². The molecule has 0 fully saturated rings. The topological polar surface area (TPSA) is 42.6 Å². The Kier molecular flexibility index (Phi) is 3.31. The first-order valence-electron chi connectivity index (χ1n) is 4.82. The van der Waals surface area contributed by atoms with Crippen molar-refractivity contribution in [3.8, 4) is 0 Å². The zero-order chi connectivity index (χ0) is 11.4. The lowest BCUT2D eigenvalue weighted by atomic mass is 10.2. The summed E-state index contributed by atoms with van der Waals surface area (Å²) in [6, 6.07) is 11.0. The maximum absolute atomic E-state index is 11.7. The molecule has 16 heavy (non-hydrogen) atoms. The molecule has 4 heteroatoms. The average molecular weight is 233 g/mol. The van der Waals surface area contributed by atoms with Crippen LogP contribution in [0.3, 0.4) is 0 Å². The Hall–Kier alpha value is -1.68. The first-order chi connectivity index (χ1) is 7.75. The molecule has 0 saturated heterocycles. The van der Waals surface area contributed by atoms with Gasteiger partial charge in [0.2, 0.25) is 0 Å². The maximum atomic E-state index is 11.7. The Morgan fingerprint density at radius 1 is 1.25 bits per heavy atom. The number of aryl methyl sites for hydroxylation is 1. The highest BCUT2D eigenvalue weighted by Gasteiger charge is 2.00. The van der Waals surface area contributed by atoms with Crippen LogP contribution in [-0.4, -0.2) is 10.4 Å². The van der Waals surface area contributed by atoms with Crippen molar-refractivity contribution >= 4 is 17.2 Å². The molecular weight excluding hydrogens is 222 g/mol. The van der Waals surface area contributed by atoms with Crippen LogP contribution in [0.1, 0.15) is 11.3 Å². The second-order valence-corrected chi connectivity index (χ2v) is 4.49. The minimum absolute atomic E-state index is 0.598. The average Bonchev–Trinajstić information content (AvgIpc) is 2.80. The van der Waals surface area contributed by atoms with Gasteiger partial charge in [0.05, 0.1) is 17.4 Å². The van der Waals surface area contributed by atoms with Crippen molar-refractivity contribution in [2.24, 2.45) is 4.40 Å². The van der Waals surface area contributed by atoms with Crippen molar-refractivity contribution in [3.63, 3.8) is 0 Å². The van der Waals surface area contributed by atoms with Gasteiger partial charge in [0.1, 0.15) is 5.76 Å². The summed E-state index contributed by atoms with van der Waals surface area (Å²) in [6.07, 6.45) is 3.02. The predicted molar refractivity (Wildman–Crippen MR) is 63.9 cm³/mol. The molecule has 0 saturated carbocycles. The molecule has 0 aliphatic rings. The third-order valence-corrected chi connectivity index (χ3v) is 3.01. The molecule has 1 aromatic carbocycles. The van der Waals surface area contributed by atoms with Crippen LogP contribution in [0.25, 0.3) is 0 Å². The van der Waals surface area contributed by atoms with Gasteiger partial charge in [0, 0.05) is 0 Å². The van der Waals surface area contributed by atoms with E-state index in [9.17, 15) is 4.21 Å². The van der Waals surface area contributed by atoms with Crippen LogP contribution in [0.15, 0.2) is 56.4 Å². The molecule has 1 aromatic heterocycles. The first-order valence-corrected chi connectivity index (χ1v) is 5.92. The quantitative estimate of drug-likeness (QED) is 0.765. The number of rotatable bonds is 3. The molecule has 82 valence electrons. The number of benzene rings is 1. The summed E-state index contributed by atoms with van der Waals surface area (Å²) in [5, 5.41) is 0. The minimum atomic E-state index is -1.37. The zero-order valence-corrected chi connectivity index (χ0v) is 9.61. The Morgan fingerprint density at radius 2 is 2.00 bits per heavy atom. The van der Waals surface area contributed by atoms with E-state index >= 15 is 0 Å². The van der Waals surface area contributed by atoms with Gasteiger partial charge in [-0.1, -0.05) is 17.7 Å². The summed E-state index contributed by atoms with van der Waals surface area (Å²) >= 11 is 0. The van der Waals surface area contributed by atoms with Gasteiger partial charge in [-0.2, -0.15) is 4.40 Å². The molecule has 3 nitrogen and oxygen atoms in total. The highest BCUT2D eigenvalue weighted by atomic mass is 32.2. The Balaban J connectivity index is 2.11. The number of nitrogens with zero attached hydrogens (tertiary/aromatic N) is 1. The molecule has 1 atom stereocenters. The summed E-state index contributed by atoms with van der Waals surface area (Å²) < 4.78 is 20.7. The van der Waals surface area contributed by atoms with Crippen LogP contribution < -0.4 is 0 Å². The molecule has 0 bridgehead atoms. The zero-order valence-electron chi connectivity index (χ0n) is 8.79. The van der Waals surface area contributed by atoms with Crippen LogP contribution in [0.5, 0.6) is 0 Å². The largest absolute Gasteiger partial charge is 0.463 e. The fourth-order valence-corrected chi connectivity index (χ4v) is 1.87. The summed E-state index contributed by atoms with van der Waals surface area (Å²) in [4.78, 5) is 0.688. The summed E-state index contributed by atoms with van der Waals surface area (Å²) in [6.45, 7) is 1.98. The number of hydrogen-bond donors (Lipinski definition) is 0. The van der Waals surface area contributed by atoms with Gasteiger partial charge in [-0.25, -0.2) is 4.21 Å².